The maximum absolute atomic E-state index is 14.0. The van der Waals surface area contributed by atoms with Crippen LogP contribution in [0.3, 0.4) is 0 Å². The van der Waals surface area contributed by atoms with Crippen LogP contribution < -0.4 is 5.32 Å². The van der Waals surface area contributed by atoms with E-state index in [0.717, 1.165) is 36.1 Å². The van der Waals surface area contributed by atoms with E-state index < -0.39 is 16.1 Å². The molecule has 2 amide bonds. The fraction of sp³-hybridized carbons (Fsp3) is 0.481. The molecule has 2 unspecified atom stereocenters. The number of benzene rings is 2. The highest BCUT2D eigenvalue weighted by molar-refractivity contribution is 7.89. The van der Waals surface area contributed by atoms with Crippen molar-refractivity contribution in [3.05, 3.63) is 64.7 Å². The number of fused-ring (bicyclic) bond motifs is 1. The molecule has 3 heterocycles. The van der Waals surface area contributed by atoms with Crippen molar-refractivity contribution in [2.75, 3.05) is 32.7 Å². The topological polar surface area (TPSA) is 90.0 Å². The van der Waals surface area contributed by atoms with Crippen LogP contribution in [0.4, 0.5) is 0 Å². The summed E-state index contributed by atoms with van der Waals surface area (Å²) in [5.74, 6) is -0.114. The Balaban J connectivity index is 1.47. The molecular formula is C27H34N4O4S. The number of piperazine rings is 1. The summed E-state index contributed by atoms with van der Waals surface area (Å²) < 4.78 is 29.4. The van der Waals surface area contributed by atoms with Gasteiger partial charge in [-0.2, -0.15) is 4.31 Å². The molecule has 9 heteroatoms. The average molecular weight is 511 g/mol. The third-order valence-electron chi connectivity index (χ3n) is 7.70. The minimum absolute atomic E-state index is 0.0303. The third-order valence-corrected chi connectivity index (χ3v) is 9.69. The Morgan fingerprint density at radius 3 is 2.61 bits per heavy atom. The molecule has 2 fully saturated rings. The van der Waals surface area contributed by atoms with Crippen molar-refractivity contribution in [2.24, 2.45) is 0 Å². The number of likely N-dealkylation sites (tertiary alicyclic amines) is 1. The highest BCUT2D eigenvalue weighted by atomic mass is 32.2. The monoisotopic (exact) mass is 510 g/mol. The standard InChI is InChI=1S/C27H34N4O4S/c1-19-9-10-20(2)25(14-19)36(34,35)31-17-22-7-4-3-6-21(22)15-24(31)27(33)29-12-5-8-23(18-29)30-13-11-28-16-26(30)32/h3-4,6-7,9-10,14,23-24,28H,5,8,11-13,15-18H2,1-2H3. The Labute approximate surface area is 213 Å². The highest BCUT2D eigenvalue weighted by Gasteiger charge is 2.43. The lowest BCUT2D eigenvalue weighted by Crippen LogP contribution is -2.60. The first-order valence-corrected chi connectivity index (χ1v) is 14.1. The molecule has 8 nitrogen and oxygen atoms in total. The zero-order valence-corrected chi connectivity index (χ0v) is 21.8. The molecule has 1 N–H and O–H groups in total. The van der Waals surface area contributed by atoms with Crippen molar-refractivity contribution in [1.82, 2.24) is 19.4 Å². The maximum atomic E-state index is 14.0. The van der Waals surface area contributed by atoms with Crippen LogP contribution in [0, 0.1) is 13.8 Å². The summed E-state index contributed by atoms with van der Waals surface area (Å²) in [6.45, 7) is 6.55. The smallest absolute Gasteiger partial charge is 0.244 e. The number of sulfonamides is 1. The van der Waals surface area contributed by atoms with E-state index in [1.807, 2.05) is 48.2 Å². The van der Waals surface area contributed by atoms with Gasteiger partial charge in [-0.25, -0.2) is 8.42 Å². The van der Waals surface area contributed by atoms with Crippen molar-refractivity contribution in [3.63, 3.8) is 0 Å². The Hall–Kier alpha value is -2.75. The minimum atomic E-state index is -3.92. The quantitative estimate of drug-likeness (QED) is 0.678. The molecule has 36 heavy (non-hydrogen) atoms. The molecule has 2 atom stereocenters. The zero-order valence-electron chi connectivity index (χ0n) is 20.9. The molecule has 192 valence electrons. The Morgan fingerprint density at radius 1 is 1.06 bits per heavy atom. The van der Waals surface area contributed by atoms with Gasteiger partial charge < -0.3 is 15.1 Å². The van der Waals surface area contributed by atoms with Crippen molar-refractivity contribution >= 4 is 21.8 Å². The normalized spacial score (nSPS) is 23.4. The fourth-order valence-electron chi connectivity index (χ4n) is 5.70. The molecule has 0 bridgehead atoms. The van der Waals surface area contributed by atoms with E-state index in [2.05, 4.69) is 5.32 Å². The van der Waals surface area contributed by atoms with Crippen LogP contribution in [-0.4, -0.2) is 79.1 Å². The Bertz CT molecular complexity index is 1280. The molecule has 0 saturated carbocycles. The lowest BCUT2D eigenvalue weighted by Gasteiger charge is -2.43. The first kappa shape index (κ1) is 24.9. The van der Waals surface area contributed by atoms with Crippen LogP contribution >= 0.6 is 0 Å². The number of nitrogens with zero attached hydrogens (tertiary/aromatic N) is 3. The van der Waals surface area contributed by atoms with Crippen LogP contribution in [0.15, 0.2) is 47.4 Å². The number of amides is 2. The first-order chi connectivity index (χ1) is 17.3. The van der Waals surface area contributed by atoms with Gasteiger partial charge in [0.05, 0.1) is 11.4 Å². The summed E-state index contributed by atoms with van der Waals surface area (Å²) in [4.78, 5) is 30.4. The number of hydrogen-bond acceptors (Lipinski definition) is 5. The predicted octanol–water partition coefficient (Wildman–Crippen LogP) is 1.84. The van der Waals surface area contributed by atoms with Gasteiger partial charge in [-0.05, 0) is 61.4 Å². The second-order valence-corrected chi connectivity index (χ2v) is 12.0. The average Bonchev–Trinajstić information content (AvgIpc) is 2.89. The molecule has 5 rings (SSSR count). The molecule has 2 saturated heterocycles. The number of piperidine rings is 1. The molecular weight excluding hydrogens is 476 g/mol. The van der Waals surface area contributed by atoms with Crippen LogP contribution in [0.2, 0.25) is 0 Å². The van der Waals surface area contributed by atoms with Crippen molar-refractivity contribution in [3.8, 4) is 0 Å². The van der Waals surface area contributed by atoms with Crippen LogP contribution in [-0.2, 0) is 32.6 Å². The summed E-state index contributed by atoms with van der Waals surface area (Å²) in [7, 11) is -3.92. The second kappa shape index (κ2) is 9.95. The van der Waals surface area contributed by atoms with E-state index in [1.165, 1.54) is 4.31 Å². The highest BCUT2D eigenvalue weighted by Crippen LogP contribution is 2.32. The molecule has 3 aliphatic rings. The van der Waals surface area contributed by atoms with Crippen LogP contribution in [0.5, 0.6) is 0 Å². The van der Waals surface area contributed by atoms with E-state index >= 15 is 0 Å². The Morgan fingerprint density at radius 2 is 1.83 bits per heavy atom. The summed E-state index contributed by atoms with van der Waals surface area (Å²) >= 11 is 0. The third kappa shape index (κ3) is 4.67. The molecule has 0 spiro atoms. The lowest BCUT2D eigenvalue weighted by molar-refractivity contribution is -0.142. The zero-order chi connectivity index (χ0) is 25.4. The molecule has 2 aromatic carbocycles. The van der Waals surface area contributed by atoms with Crippen LogP contribution in [0.25, 0.3) is 0 Å². The van der Waals surface area contributed by atoms with Gasteiger partial charge in [0.25, 0.3) is 0 Å². The number of nitrogens with one attached hydrogen (secondary N) is 1. The summed E-state index contributed by atoms with van der Waals surface area (Å²) in [6, 6.07) is 12.3. The van der Waals surface area contributed by atoms with E-state index in [-0.39, 0.29) is 29.3 Å². The van der Waals surface area contributed by atoms with Gasteiger partial charge in [-0.3, -0.25) is 9.59 Å². The van der Waals surface area contributed by atoms with E-state index in [0.29, 0.717) is 38.2 Å². The van der Waals surface area contributed by atoms with E-state index in [4.69, 9.17) is 0 Å². The number of carbonyl (C=O) groups excluding carboxylic acids is 2. The lowest BCUT2D eigenvalue weighted by atomic mass is 9.94. The SMILES string of the molecule is Cc1ccc(C)c(S(=O)(=O)N2Cc3ccccc3CC2C(=O)N2CCCC(N3CCNCC3=O)C2)c1. The van der Waals surface area contributed by atoms with Gasteiger partial charge in [-0.1, -0.05) is 36.4 Å². The van der Waals surface area contributed by atoms with E-state index in [1.54, 1.807) is 17.9 Å². The molecule has 0 aliphatic carbocycles. The fourth-order valence-corrected chi connectivity index (χ4v) is 7.57. The Kier molecular flexibility index (Phi) is 6.89. The van der Waals surface area contributed by atoms with Crippen molar-refractivity contribution < 1.29 is 18.0 Å². The van der Waals surface area contributed by atoms with E-state index in [9.17, 15) is 18.0 Å². The number of hydrogen-bond donors (Lipinski definition) is 1. The molecule has 3 aliphatic heterocycles. The van der Waals surface area contributed by atoms with Gasteiger partial charge in [0.2, 0.25) is 21.8 Å². The predicted molar refractivity (Wildman–Crippen MR) is 137 cm³/mol. The van der Waals surface area contributed by atoms with Gasteiger partial charge in [0.15, 0.2) is 0 Å². The van der Waals surface area contributed by atoms with Crippen LogP contribution in [0.1, 0.15) is 35.1 Å². The van der Waals surface area contributed by atoms with Gasteiger partial charge >= 0.3 is 0 Å². The summed E-state index contributed by atoms with van der Waals surface area (Å²) in [5, 5.41) is 3.10. The largest absolute Gasteiger partial charge is 0.339 e. The maximum Gasteiger partial charge on any atom is 0.244 e. The molecule has 2 aromatic rings. The molecule has 0 radical (unpaired) electrons. The first-order valence-electron chi connectivity index (χ1n) is 12.7. The van der Waals surface area contributed by atoms with Crippen molar-refractivity contribution in [2.45, 2.75) is 56.6 Å². The summed E-state index contributed by atoms with van der Waals surface area (Å²) in [5.41, 5.74) is 3.47. The summed E-state index contributed by atoms with van der Waals surface area (Å²) in [6.07, 6.45) is 1.99. The minimum Gasteiger partial charge on any atom is -0.339 e. The number of rotatable bonds is 4. The number of aryl methyl sites for hydroxylation is 2. The van der Waals surface area contributed by atoms with Gasteiger partial charge in [0, 0.05) is 38.8 Å². The molecule has 0 aromatic heterocycles. The number of carbonyl (C=O) groups is 2. The second-order valence-electron chi connectivity index (χ2n) is 10.2. The van der Waals surface area contributed by atoms with Crippen molar-refractivity contribution in [1.29, 1.82) is 0 Å². The van der Waals surface area contributed by atoms with Gasteiger partial charge in [0.1, 0.15) is 6.04 Å². The van der Waals surface area contributed by atoms with Gasteiger partial charge in [-0.15, -0.1) is 0 Å².